The summed E-state index contributed by atoms with van der Waals surface area (Å²) in [5.41, 5.74) is -0.251. The molecule has 1 atom stereocenters. The molecule has 1 N–H and O–H groups in total. The maximum atomic E-state index is 13.7. The van der Waals surface area contributed by atoms with E-state index < -0.39 is 17.4 Å². The number of benzene rings is 1. The molecule has 0 bridgehead atoms. The number of halogens is 1. The van der Waals surface area contributed by atoms with Gasteiger partial charge in [-0.15, -0.1) is 0 Å². The molecule has 1 aliphatic heterocycles. The molecule has 1 aliphatic carbocycles. The Morgan fingerprint density at radius 2 is 2.14 bits per heavy atom. The van der Waals surface area contributed by atoms with Crippen molar-refractivity contribution in [1.82, 2.24) is 10.2 Å². The van der Waals surface area contributed by atoms with Crippen molar-refractivity contribution in [3.8, 4) is 5.75 Å². The lowest BCUT2D eigenvalue weighted by molar-refractivity contribution is -0.131. The summed E-state index contributed by atoms with van der Waals surface area (Å²) < 4.78 is 18.5. The van der Waals surface area contributed by atoms with Crippen LogP contribution in [-0.4, -0.2) is 29.5 Å². The second kappa shape index (κ2) is 4.72. The van der Waals surface area contributed by atoms with E-state index in [0.29, 0.717) is 5.56 Å². The Morgan fingerprint density at radius 1 is 1.43 bits per heavy atom. The van der Waals surface area contributed by atoms with E-state index in [0.717, 1.165) is 17.7 Å². The van der Waals surface area contributed by atoms with Gasteiger partial charge in [0.2, 0.25) is 0 Å². The minimum atomic E-state index is -0.803. The summed E-state index contributed by atoms with van der Waals surface area (Å²) in [6.07, 6.45) is 1.90. The average molecular weight is 292 g/mol. The zero-order chi connectivity index (χ0) is 15.2. The van der Waals surface area contributed by atoms with E-state index in [-0.39, 0.29) is 24.1 Å². The molecule has 3 rings (SSSR count). The molecule has 1 heterocycles. The van der Waals surface area contributed by atoms with E-state index >= 15 is 0 Å². The van der Waals surface area contributed by atoms with Gasteiger partial charge in [0.15, 0.2) is 11.6 Å². The van der Waals surface area contributed by atoms with Crippen LogP contribution < -0.4 is 10.1 Å². The summed E-state index contributed by atoms with van der Waals surface area (Å²) >= 11 is 0. The highest BCUT2D eigenvalue weighted by molar-refractivity contribution is 6.07. The van der Waals surface area contributed by atoms with Gasteiger partial charge < -0.3 is 10.1 Å². The maximum Gasteiger partial charge on any atom is 0.325 e. The SMILES string of the molecule is COc1ccc(CN2C(=O)N[C@@](C)(C3CC3)C2=O)cc1F. The van der Waals surface area contributed by atoms with Crippen LogP contribution in [0.2, 0.25) is 0 Å². The monoisotopic (exact) mass is 292 g/mol. The third-order valence-electron chi connectivity index (χ3n) is 4.25. The molecule has 1 saturated heterocycles. The number of hydrogen-bond acceptors (Lipinski definition) is 3. The van der Waals surface area contributed by atoms with Crippen LogP contribution in [0, 0.1) is 11.7 Å². The number of hydrogen-bond donors (Lipinski definition) is 1. The zero-order valence-corrected chi connectivity index (χ0v) is 12.0. The fourth-order valence-corrected chi connectivity index (χ4v) is 2.79. The van der Waals surface area contributed by atoms with E-state index in [1.165, 1.54) is 19.2 Å². The second-order valence-corrected chi connectivity index (χ2v) is 5.77. The van der Waals surface area contributed by atoms with Crippen molar-refractivity contribution in [2.75, 3.05) is 7.11 Å². The summed E-state index contributed by atoms with van der Waals surface area (Å²) in [6.45, 7) is 1.83. The van der Waals surface area contributed by atoms with Crippen LogP contribution in [0.4, 0.5) is 9.18 Å². The molecule has 0 spiro atoms. The molecule has 3 amide bonds. The van der Waals surface area contributed by atoms with Gasteiger partial charge in [-0.2, -0.15) is 0 Å². The number of urea groups is 1. The Hall–Kier alpha value is -2.11. The van der Waals surface area contributed by atoms with Gasteiger partial charge in [0.1, 0.15) is 5.54 Å². The van der Waals surface area contributed by atoms with Crippen molar-refractivity contribution >= 4 is 11.9 Å². The molecule has 2 fully saturated rings. The highest BCUT2D eigenvalue weighted by Gasteiger charge is 2.55. The second-order valence-electron chi connectivity index (χ2n) is 5.77. The first-order valence-corrected chi connectivity index (χ1v) is 6.92. The molecule has 0 aromatic heterocycles. The highest BCUT2D eigenvalue weighted by Crippen LogP contribution is 2.42. The molecular weight excluding hydrogens is 275 g/mol. The van der Waals surface area contributed by atoms with Gasteiger partial charge in [-0.05, 0) is 43.4 Å². The summed E-state index contributed by atoms with van der Waals surface area (Å²) in [5, 5.41) is 2.77. The van der Waals surface area contributed by atoms with Crippen molar-refractivity contribution in [2.24, 2.45) is 5.92 Å². The fraction of sp³-hybridized carbons (Fsp3) is 0.467. The summed E-state index contributed by atoms with van der Waals surface area (Å²) in [4.78, 5) is 25.6. The van der Waals surface area contributed by atoms with Gasteiger partial charge in [-0.3, -0.25) is 9.69 Å². The Kier molecular flexibility index (Phi) is 3.11. The first-order valence-electron chi connectivity index (χ1n) is 6.92. The summed E-state index contributed by atoms with van der Waals surface area (Å²) in [6, 6.07) is 4.01. The average Bonchev–Trinajstić information content (AvgIpc) is 3.25. The summed E-state index contributed by atoms with van der Waals surface area (Å²) in [5.74, 6) is -0.386. The van der Waals surface area contributed by atoms with Crippen LogP contribution in [0.3, 0.4) is 0 Å². The maximum absolute atomic E-state index is 13.7. The first-order chi connectivity index (χ1) is 9.95. The standard InChI is InChI=1S/C15H17FN2O3/c1-15(10-4-5-10)13(19)18(14(20)17-15)8-9-3-6-12(21-2)11(16)7-9/h3,6-7,10H,4-5,8H2,1-2H3,(H,17,20)/t15-/m0/s1. The summed E-state index contributed by atoms with van der Waals surface area (Å²) in [7, 11) is 1.39. The highest BCUT2D eigenvalue weighted by atomic mass is 19.1. The number of nitrogens with zero attached hydrogens (tertiary/aromatic N) is 1. The van der Waals surface area contributed by atoms with E-state index in [1.54, 1.807) is 13.0 Å². The predicted octanol–water partition coefficient (Wildman–Crippen LogP) is 2.05. The van der Waals surface area contributed by atoms with Gasteiger partial charge in [0, 0.05) is 0 Å². The van der Waals surface area contributed by atoms with Crippen molar-refractivity contribution in [1.29, 1.82) is 0 Å². The number of amides is 3. The number of carbonyl (C=O) groups is 2. The molecular formula is C15H17FN2O3. The molecule has 0 radical (unpaired) electrons. The van der Waals surface area contributed by atoms with Gasteiger partial charge in [0.25, 0.3) is 5.91 Å². The topological polar surface area (TPSA) is 58.6 Å². The molecule has 1 aromatic rings. The van der Waals surface area contributed by atoms with Gasteiger partial charge in [0.05, 0.1) is 13.7 Å². The lowest BCUT2D eigenvalue weighted by Gasteiger charge is -2.21. The predicted molar refractivity (Wildman–Crippen MR) is 73.2 cm³/mol. The van der Waals surface area contributed by atoms with Crippen LogP contribution >= 0.6 is 0 Å². The number of ether oxygens (including phenoxy) is 1. The fourth-order valence-electron chi connectivity index (χ4n) is 2.79. The molecule has 21 heavy (non-hydrogen) atoms. The van der Waals surface area contributed by atoms with Crippen LogP contribution in [0.5, 0.6) is 5.75 Å². The molecule has 1 aromatic carbocycles. The lowest BCUT2D eigenvalue weighted by Crippen LogP contribution is -2.46. The smallest absolute Gasteiger partial charge is 0.325 e. The third kappa shape index (κ3) is 2.24. The van der Waals surface area contributed by atoms with Crippen molar-refractivity contribution in [3.63, 3.8) is 0 Å². The Balaban J connectivity index is 1.80. The van der Waals surface area contributed by atoms with E-state index in [4.69, 9.17) is 4.74 Å². The normalized spacial score (nSPS) is 25.2. The molecule has 0 unspecified atom stereocenters. The van der Waals surface area contributed by atoms with E-state index in [2.05, 4.69) is 5.32 Å². The zero-order valence-electron chi connectivity index (χ0n) is 12.0. The number of imide groups is 1. The number of carbonyl (C=O) groups excluding carboxylic acids is 2. The Labute approximate surface area is 122 Å². The minimum Gasteiger partial charge on any atom is -0.494 e. The lowest BCUT2D eigenvalue weighted by atomic mass is 9.96. The van der Waals surface area contributed by atoms with Crippen LogP contribution in [0.25, 0.3) is 0 Å². The largest absolute Gasteiger partial charge is 0.494 e. The van der Waals surface area contributed by atoms with Gasteiger partial charge in [-0.25, -0.2) is 9.18 Å². The number of methoxy groups -OCH3 is 1. The first kappa shape index (κ1) is 13.9. The number of nitrogens with one attached hydrogen (secondary N) is 1. The molecule has 6 heteroatoms. The molecule has 5 nitrogen and oxygen atoms in total. The van der Waals surface area contributed by atoms with E-state index in [9.17, 15) is 14.0 Å². The number of rotatable bonds is 4. The van der Waals surface area contributed by atoms with Crippen molar-refractivity contribution in [2.45, 2.75) is 31.8 Å². The van der Waals surface area contributed by atoms with Crippen molar-refractivity contribution < 1.29 is 18.7 Å². The van der Waals surface area contributed by atoms with Crippen LogP contribution in [0.15, 0.2) is 18.2 Å². The van der Waals surface area contributed by atoms with Crippen LogP contribution in [-0.2, 0) is 11.3 Å². The molecule has 1 saturated carbocycles. The Morgan fingerprint density at radius 3 is 2.71 bits per heavy atom. The minimum absolute atomic E-state index is 0.0634. The quantitative estimate of drug-likeness (QED) is 0.864. The van der Waals surface area contributed by atoms with Gasteiger partial charge >= 0.3 is 6.03 Å². The van der Waals surface area contributed by atoms with Crippen LogP contribution in [0.1, 0.15) is 25.3 Å². The molecule has 112 valence electrons. The third-order valence-corrected chi connectivity index (χ3v) is 4.25. The van der Waals surface area contributed by atoms with Crippen molar-refractivity contribution in [3.05, 3.63) is 29.6 Å². The van der Waals surface area contributed by atoms with E-state index in [1.807, 2.05) is 0 Å². The Bertz CT molecular complexity index is 615. The molecule has 2 aliphatic rings. The van der Waals surface area contributed by atoms with Gasteiger partial charge in [-0.1, -0.05) is 6.07 Å².